The molecule has 264 valence electrons. The van der Waals surface area contributed by atoms with Crippen molar-refractivity contribution in [3.63, 3.8) is 0 Å². The number of ether oxygens (including phenoxy) is 6. The van der Waals surface area contributed by atoms with E-state index in [4.69, 9.17) is 28.4 Å². The normalized spacial score (nSPS) is 19.0. The van der Waals surface area contributed by atoms with E-state index in [1.165, 1.54) is 13.0 Å². The fourth-order valence-corrected chi connectivity index (χ4v) is 4.68. The molecule has 0 aliphatic carbocycles. The second kappa shape index (κ2) is 17.7. The first kappa shape index (κ1) is 39.0. The summed E-state index contributed by atoms with van der Waals surface area (Å²) in [6.07, 6.45) is -4.35. The highest BCUT2D eigenvalue weighted by molar-refractivity contribution is 5.89. The SMILES string of the molecule is COC(=O)C1=C[C@H](NC(=O)[C@H](Cc2ccccc2)NC(=O)OC(C)(C)C)[C@@H](NC(C)=O)[C@H]([C@H](OC(C)=O)[C@@H](COC(C)=O)OC(C)=O)O1. The molecule has 1 aromatic carbocycles. The van der Waals surface area contributed by atoms with Gasteiger partial charge in [0.15, 0.2) is 18.3 Å². The van der Waals surface area contributed by atoms with E-state index < -0.39 is 96.2 Å². The van der Waals surface area contributed by atoms with Crippen molar-refractivity contribution in [2.75, 3.05) is 13.7 Å². The second-order valence-electron chi connectivity index (χ2n) is 11.8. The Morgan fingerprint density at radius 3 is 2.02 bits per heavy atom. The van der Waals surface area contributed by atoms with Gasteiger partial charge in [-0.1, -0.05) is 30.3 Å². The average molecular weight is 678 g/mol. The highest BCUT2D eigenvalue weighted by Gasteiger charge is 2.48. The third-order valence-corrected chi connectivity index (χ3v) is 6.45. The fourth-order valence-electron chi connectivity index (χ4n) is 4.68. The molecule has 0 spiro atoms. The number of benzene rings is 1. The maximum atomic E-state index is 13.9. The highest BCUT2D eigenvalue weighted by atomic mass is 16.6. The Hall–Kier alpha value is -5.15. The van der Waals surface area contributed by atoms with Crippen LogP contribution >= 0.6 is 0 Å². The van der Waals surface area contributed by atoms with Crippen LogP contribution < -0.4 is 16.0 Å². The molecular weight excluding hydrogens is 634 g/mol. The Morgan fingerprint density at radius 2 is 1.50 bits per heavy atom. The first-order valence-corrected chi connectivity index (χ1v) is 15.0. The number of rotatable bonds is 13. The molecule has 3 N–H and O–H groups in total. The number of amides is 3. The smallest absolute Gasteiger partial charge is 0.408 e. The Balaban J connectivity index is 2.63. The van der Waals surface area contributed by atoms with Crippen LogP contribution in [0.1, 0.15) is 54.0 Å². The van der Waals surface area contributed by atoms with Crippen molar-refractivity contribution in [1.82, 2.24) is 16.0 Å². The molecule has 0 unspecified atom stereocenters. The molecule has 6 atom stereocenters. The van der Waals surface area contributed by atoms with Crippen molar-refractivity contribution in [3.05, 3.63) is 47.7 Å². The molecule has 1 heterocycles. The molecule has 0 radical (unpaired) electrons. The number of carbonyl (C=O) groups excluding carboxylic acids is 7. The van der Waals surface area contributed by atoms with Crippen LogP contribution in [-0.4, -0.2) is 97.5 Å². The maximum absolute atomic E-state index is 13.9. The van der Waals surface area contributed by atoms with Crippen LogP contribution in [0.5, 0.6) is 0 Å². The van der Waals surface area contributed by atoms with E-state index in [1.54, 1.807) is 51.1 Å². The van der Waals surface area contributed by atoms with Crippen LogP contribution in [0.25, 0.3) is 0 Å². The van der Waals surface area contributed by atoms with Crippen LogP contribution in [0.15, 0.2) is 42.2 Å². The number of hydrogen-bond acceptors (Lipinski definition) is 13. The Bertz CT molecular complexity index is 1370. The predicted molar refractivity (Wildman–Crippen MR) is 166 cm³/mol. The molecule has 0 saturated carbocycles. The zero-order chi connectivity index (χ0) is 36.2. The Kier molecular flexibility index (Phi) is 14.4. The van der Waals surface area contributed by atoms with Gasteiger partial charge in [0.2, 0.25) is 17.6 Å². The van der Waals surface area contributed by atoms with Crippen molar-refractivity contribution < 1.29 is 62.0 Å². The van der Waals surface area contributed by atoms with Crippen LogP contribution in [-0.2, 0) is 63.6 Å². The molecule has 1 aliphatic heterocycles. The number of hydrogen-bond donors (Lipinski definition) is 3. The van der Waals surface area contributed by atoms with Crippen LogP contribution in [0.2, 0.25) is 0 Å². The summed E-state index contributed by atoms with van der Waals surface area (Å²) in [6.45, 7) is 8.74. The van der Waals surface area contributed by atoms with Crippen LogP contribution in [0, 0.1) is 0 Å². The predicted octanol–water partition coefficient (Wildman–Crippen LogP) is 0.994. The van der Waals surface area contributed by atoms with Gasteiger partial charge in [0, 0.05) is 34.1 Å². The van der Waals surface area contributed by atoms with Gasteiger partial charge in [-0.15, -0.1) is 0 Å². The summed E-state index contributed by atoms with van der Waals surface area (Å²) in [7, 11) is 1.07. The molecule has 3 amide bonds. The minimum atomic E-state index is -1.62. The third-order valence-electron chi connectivity index (χ3n) is 6.45. The number of esters is 4. The van der Waals surface area contributed by atoms with Crippen molar-refractivity contribution in [2.24, 2.45) is 0 Å². The summed E-state index contributed by atoms with van der Waals surface area (Å²) in [5.74, 6) is -5.32. The highest BCUT2D eigenvalue weighted by Crippen LogP contribution is 2.27. The zero-order valence-corrected chi connectivity index (χ0v) is 28.1. The molecule has 0 aromatic heterocycles. The molecule has 1 aromatic rings. The van der Waals surface area contributed by atoms with Gasteiger partial charge >= 0.3 is 30.0 Å². The van der Waals surface area contributed by atoms with E-state index in [-0.39, 0.29) is 6.42 Å². The molecule has 16 nitrogen and oxygen atoms in total. The first-order valence-electron chi connectivity index (χ1n) is 15.0. The van der Waals surface area contributed by atoms with Crippen molar-refractivity contribution in [1.29, 1.82) is 0 Å². The van der Waals surface area contributed by atoms with Gasteiger partial charge in [-0.25, -0.2) is 9.59 Å². The number of methoxy groups -OCH3 is 1. The van der Waals surface area contributed by atoms with Gasteiger partial charge in [0.25, 0.3) is 0 Å². The minimum absolute atomic E-state index is 0.0178. The lowest BCUT2D eigenvalue weighted by molar-refractivity contribution is -0.188. The lowest BCUT2D eigenvalue weighted by Crippen LogP contribution is -2.65. The fraction of sp³-hybridized carbons (Fsp3) is 0.531. The van der Waals surface area contributed by atoms with Gasteiger partial charge in [-0.2, -0.15) is 0 Å². The summed E-state index contributed by atoms with van der Waals surface area (Å²) < 4.78 is 31.9. The lowest BCUT2D eigenvalue weighted by Gasteiger charge is -2.42. The third kappa shape index (κ3) is 12.9. The minimum Gasteiger partial charge on any atom is -0.477 e. The Labute approximate surface area is 278 Å². The van der Waals surface area contributed by atoms with Gasteiger partial charge in [-0.3, -0.25) is 24.0 Å². The topological polar surface area (TPSA) is 211 Å². The first-order chi connectivity index (χ1) is 22.4. The number of nitrogens with one attached hydrogen (secondary N) is 3. The molecule has 0 fully saturated rings. The van der Waals surface area contributed by atoms with E-state index in [9.17, 15) is 33.6 Å². The van der Waals surface area contributed by atoms with E-state index in [0.29, 0.717) is 5.56 Å². The van der Waals surface area contributed by atoms with Crippen LogP contribution in [0.4, 0.5) is 4.79 Å². The van der Waals surface area contributed by atoms with E-state index >= 15 is 0 Å². The largest absolute Gasteiger partial charge is 0.477 e. The van der Waals surface area contributed by atoms with Crippen molar-refractivity contribution >= 4 is 41.8 Å². The summed E-state index contributed by atoms with van der Waals surface area (Å²) in [5, 5.41) is 7.90. The number of carbonyl (C=O) groups is 7. The second-order valence-corrected chi connectivity index (χ2v) is 11.8. The van der Waals surface area contributed by atoms with E-state index in [2.05, 4.69) is 16.0 Å². The average Bonchev–Trinajstić information content (AvgIpc) is 2.97. The quantitative estimate of drug-likeness (QED) is 0.197. The van der Waals surface area contributed by atoms with Crippen LogP contribution in [0.3, 0.4) is 0 Å². The van der Waals surface area contributed by atoms with E-state index in [1.807, 2.05) is 0 Å². The summed E-state index contributed by atoms with van der Waals surface area (Å²) >= 11 is 0. The van der Waals surface area contributed by atoms with Gasteiger partial charge in [-0.05, 0) is 32.4 Å². The monoisotopic (exact) mass is 677 g/mol. The zero-order valence-electron chi connectivity index (χ0n) is 28.1. The molecule has 0 bridgehead atoms. The standard InChI is InChI=1S/C32H43N3O13/c1-17(36)33-26-22(34-29(40)23(14-21-12-10-9-11-13-21)35-31(42)48-32(5,6)7)15-24(30(41)43-8)47-28(26)27(46-20(4)39)25(45-19(3)38)16-44-18(2)37/h9-13,15,22-23,25-28H,14,16H2,1-8H3,(H,33,36)(H,34,40)(H,35,42)/t22-,23-,25+,26+,27+,28+/m0/s1. The molecular formula is C32H43N3O13. The molecule has 1 aliphatic rings. The summed E-state index contributed by atoms with van der Waals surface area (Å²) in [4.78, 5) is 88.0. The maximum Gasteiger partial charge on any atom is 0.408 e. The molecule has 0 saturated heterocycles. The van der Waals surface area contributed by atoms with Crippen molar-refractivity contribution in [2.45, 2.75) is 96.9 Å². The van der Waals surface area contributed by atoms with E-state index in [0.717, 1.165) is 27.9 Å². The Morgan fingerprint density at radius 1 is 0.875 bits per heavy atom. The van der Waals surface area contributed by atoms with Gasteiger partial charge in [0.05, 0.1) is 19.2 Å². The summed E-state index contributed by atoms with van der Waals surface area (Å²) in [5.41, 5.74) is -0.191. The van der Waals surface area contributed by atoms with Crippen molar-refractivity contribution in [3.8, 4) is 0 Å². The summed E-state index contributed by atoms with van der Waals surface area (Å²) in [6, 6.07) is 4.98. The molecule has 48 heavy (non-hydrogen) atoms. The number of alkyl carbamates (subject to hydrolysis) is 1. The van der Waals surface area contributed by atoms with Gasteiger partial charge in [0.1, 0.15) is 18.2 Å². The lowest BCUT2D eigenvalue weighted by atomic mass is 9.91. The van der Waals surface area contributed by atoms with Gasteiger partial charge < -0.3 is 44.4 Å². The molecule has 16 heteroatoms. The molecule has 2 rings (SSSR count).